The second-order valence-electron chi connectivity index (χ2n) is 5.27. The molecule has 18 heavy (non-hydrogen) atoms. The van der Waals surface area contributed by atoms with E-state index in [1.54, 1.807) is 0 Å². The normalized spacial score (nSPS) is 18.9. The number of hydrogen-bond acceptors (Lipinski definition) is 1. The predicted molar refractivity (Wildman–Crippen MR) is 73.8 cm³/mol. The minimum atomic E-state index is -0.261. The fourth-order valence-corrected chi connectivity index (χ4v) is 2.75. The first kappa shape index (κ1) is 11.5. The quantitative estimate of drug-likeness (QED) is 0.870. The van der Waals surface area contributed by atoms with Gasteiger partial charge in [-0.15, -0.1) is 0 Å². The van der Waals surface area contributed by atoms with E-state index in [1.807, 2.05) is 0 Å². The Bertz CT molecular complexity index is 542. The maximum absolute atomic E-state index is 10.3. The van der Waals surface area contributed by atoms with E-state index in [1.165, 1.54) is 22.3 Å². The number of fused-ring (bicyclic) bond motifs is 1. The van der Waals surface area contributed by atoms with Crippen molar-refractivity contribution in [3.8, 4) is 0 Å². The molecule has 3 rings (SSSR count). The molecule has 2 atom stereocenters. The van der Waals surface area contributed by atoms with Crippen molar-refractivity contribution < 1.29 is 5.11 Å². The Morgan fingerprint density at radius 1 is 1.11 bits per heavy atom. The van der Waals surface area contributed by atoms with E-state index >= 15 is 0 Å². The number of rotatable bonds is 3. The van der Waals surface area contributed by atoms with Crippen LogP contribution in [0.25, 0.3) is 0 Å². The summed E-state index contributed by atoms with van der Waals surface area (Å²) >= 11 is 0. The summed E-state index contributed by atoms with van der Waals surface area (Å²) in [5, 5.41) is 10.3. The van der Waals surface area contributed by atoms with Gasteiger partial charge in [-0.2, -0.15) is 0 Å². The third kappa shape index (κ3) is 2.06. The zero-order valence-corrected chi connectivity index (χ0v) is 10.6. The second-order valence-corrected chi connectivity index (χ2v) is 5.27. The fourth-order valence-electron chi connectivity index (χ4n) is 2.75. The maximum Gasteiger partial charge on any atom is 0.0652 e. The highest BCUT2D eigenvalue weighted by Gasteiger charge is 2.31. The Kier molecular flexibility index (Phi) is 2.92. The standard InChI is InChI=1S/C17H18O/c1-12-6-8-13(9-7-12)10-17(18)16-11-14-4-2-3-5-15(14)16/h2-9,16-18H,10-11H2,1H3. The lowest BCUT2D eigenvalue weighted by Gasteiger charge is -2.34. The van der Waals surface area contributed by atoms with Gasteiger partial charge in [-0.25, -0.2) is 0 Å². The molecule has 1 aliphatic rings. The minimum Gasteiger partial charge on any atom is -0.392 e. The molecule has 0 amide bonds. The van der Waals surface area contributed by atoms with E-state index in [0.29, 0.717) is 5.92 Å². The molecule has 1 heteroatoms. The van der Waals surface area contributed by atoms with Crippen molar-refractivity contribution in [2.75, 3.05) is 0 Å². The largest absolute Gasteiger partial charge is 0.392 e. The van der Waals surface area contributed by atoms with Crippen molar-refractivity contribution >= 4 is 0 Å². The highest BCUT2D eigenvalue weighted by molar-refractivity contribution is 5.41. The van der Waals surface area contributed by atoms with Crippen LogP contribution in [-0.2, 0) is 12.8 Å². The molecule has 0 aromatic heterocycles. The van der Waals surface area contributed by atoms with Gasteiger partial charge >= 0.3 is 0 Å². The van der Waals surface area contributed by atoms with Crippen LogP contribution >= 0.6 is 0 Å². The summed E-state index contributed by atoms with van der Waals surface area (Å²) in [6, 6.07) is 16.9. The summed E-state index contributed by atoms with van der Waals surface area (Å²) < 4.78 is 0. The summed E-state index contributed by atoms with van der Waals surface area (Å²) in [6.07, 6.45) is 1.50. The van der Waals surface area contributed by atoms with Gasteiger partial charge in [-0.05, 0) is 36.5 Å². The zero-order chi connectivity index (χ0) is 12.5. The Hall–Kier alpha value is -1.60. The first-order chi connectivity index (χ1) is 8.74. The Morgan fingerprint density at radius 2 is 1.83 bits per heavy atom. The molecule has 2 aromatic carbocycles. The van der Waals surface area contributed by atoms with Crippen LogP contribution in [0.2, 0.25) is 0 Å². The van der Waals surface area contributed by atoms with Crippen molar-refractivity contribution in [3.63, 3.8) is 0 Å². The molecule has 0 radical (unpaired) electrons. The van der Waals surface area contributed by atoms with Crippen LogP contribution in [0.1, 0.15) is 28.2 Å². The molecule has 0 heterocycles. The van der Waals surface area contributed by atoms with Crippen molar-refractivity contribution in [2.24, 2.45) is 0 Å². The van der Waals surface area contributed by atoms with Gasteiger partial charge in [0.2, 0.25) is 0 Å². The molecule has 0 spiro atoms. The molecule has 1 N–H and O–H groups in total. The third-order valence-electron chi connectivity index (χ3n) is 3.92. The maximum atomic E-state index is 10.3. The SMILES string of the molecule is Cc1ccc(CC(O)C2Cc3ccccc32)cc1. The van der Waals surface area contributed by atoms with Crippen LogP contribution in [0, 0.1) is 6.92 Å². The summed E-state index contributed by atoms with van der Waals surface area (Å²) in [7, 11) is 0. The first-order valence-corrected chi connectivity index (χ1v) is 6.55. The number of hydrogen-bond donors (Lipinski definition) is 1. The number of aliphatic hydroxyl groups is 1. The highest BCUT2D eigenvalue weighted by atomic mass is 16.3. The first-order valence-electron chi connectivity index (χ1n) is 6.55. The summed E-state index contributed by atoms with van der Waals surface area (Å²) in [4.78, 5) is 0. The molecule has 2 aromatic rings. The van der Waals surface area contributed by atoms with Crippen LogP contribution in [-0.4, -0.2) is 11.2 Å². The number of benzene rings is 2. The van der Waals surface area contributed by atoms with Crippen LogP contribution in [0.5, 0.6) is 0 Å². The monoisotopic (exact) mass is 238 g/mol. The molecule has 0 saturated heterocycles. The lowest BCUT2D eigenvalue weighted by Crippen LogP contribution is -2.30. The van der Waals surface area contributed by atoms with Gasteiger partial charge in [0.25, 0.3) is 0 Å². The predicted octanol–water partition coefficient (Wildman–Crippen LogP) is 3.24. The summed E-state index contributed by atoms with van der Waals surface area (Å²) in [5.41, 5.74) is 5.21. The lowest BCUT2D eigenvalue weighted by atomic mass is 9.73. The zero-order valence-electron chi connectivity index (χ0n) is 10.6. The van der Waals surface area contributed by atoms with Crippen LogP contribution < -0.4 is 0 Å². The molecule has 1 nitrogen and oxygen atoms in total. The van der Waals surface area contributed by atoms with E-state index in [-0.39, 0.29) is 6.10 Å². The topological polar surface area (TPSA) is 20.2 Å². The Balaban J connectivity index is 1.70. The highest BCUT2D eigenvalue weighted by Crippen LogP contribution is 2.38. The van der Waals surface area contributed by atoms with Gasteiger partial charge < -0.3 is 5.11 Å². The van der Waals surface area contributed by atoms with Crippen molar-refractivity contribution in [1.29, 1.82) is 0 Å². The lowest BCUT2D eigenvalue weighted by molar-refractivity contribution is 0.133. The van der Waals surface area contributed by atoms with Crippen LogP contribution in [0.3, 0.4) is 0 Å². The minimum absolute atomic E-state index is 0.261. The third-order valence-corrected chi connectivity index (χ3v) is 3.92. The van der Waals surface area contributed by atoms with Gasteiger partial charge in [0.1, 0.15) is 0 Å². The fraction of sp³-hybridized carbons (Fsp3) is 0.294. The Labute approximate surface area is 108 Å². The summed E-state index contributed by atoms with van der Waals surface area (Å²) in [6.45, 7) is 2.09. The molecule has 1 aliphatic carbocycles. The van der Waals surface area contributed by atoms with E-state index in [9.17, 15) is 5.11 Å². The van der Waals surface area contributed by atoms with Crippen LogP contribution in [0.4, 0.5) is 0 Å². The van der Waals surface area contributed by atoms with Gasteiger partial charge in [-0.1, -0.05) is 54.1 Å². The van der Waals surface area contributed by atoms with E-state index < -0.39 is 0 Å². The Morgan fingerprint density at radius 3 is 2.56 bits per heavy atom. The molecular weight excluding hydrogens is 220 g/mol. The molecule has 2 unspecified atom stereocenters. The average molecular weight is 238 g/mol. The second kappa shape index (κ2) is 4.58. The van der Waals surface area contributed by atoms with E-state index in [2.05, 4.69) is 55.5 Å². The van der Waals surface area contributed by atoms with Crippen molar-refractivity contribution in [3.05, 3.63) is 70.8 Å². The molecule has 92 valence electrons. The molecule has 0 aliphatic heterocycles. The van der Waals surface area contributed by atoms with E-state index in [4.69, 9.17) is 0 Å². The van der Waals surface area contributed by atoms with Crippen molar-refractivity contribution in [2.45, 2.75) is 31.8 Å². The van der Waals surface area contributed by atoms with Gasteiger partial charge in [0.15, 0.2) is 0 Å². The number of aryl methyl sites for hydroxylation is 1. The molecular formula is C17H18O. The number of aliphatic hydroxyl groups excluding tert-OH is 1. The average Bonchev–Trinajstić information content (AvgIpc) is 2.34. The van der Waals surface area contributed by atoms with Gasteiger partial charge in [-0.3, -0.25) is 0 Å². The molecule has 0 fully saturated rings. The van der Waals surface area contributed by atoms with Gasteiger partial charge in [0.05, 0.1) is 6.10 Å². The smallest absolute Gasteiger partial charge is 0.0652 e. The van der Waals surface area contributed by atoms with Crippen molar-refractivity contribution in [1.82, 2.24) is 0 Å². The van der Waals surface area contributed by atoms with Crippen LogP contribution in [0.15, 0.2) is 48.5 Å². The molecule has 0 saturated carbocycles. The summed E-state index contributed by atoms with van der Waals surface area (Å²) in [5.74, 6) is 0.322. The van der Waals surface area contributed by atoms with Gasteiger partial charge in [0, 0.05) is 5.92 Å². The molecule has 0 bridgehead atoms. The van der Waals surface area contributed by atoms with E-state index in [0.717, 1.165) is 12.8 Å².